The molecule has 0 aliphatic rings. The van der Waals surface area contributed by atoms with Crippen LogP contribution in [0.5, 0.6) is 0 Å². The normalized spacial score (nSPS) is 11.8. The van der Waals surface area contributed by atoms with Gasteiger partial charge < -0.3 is 13.4 Å². The summed E-state index contributed by atoms with van der Waals surface area (Å²) >= 11 is 0. The van der Waals surface area contributed by atoms with Gasteiger partial charge in [-0.2, -0.15) is 0 Å². The van der Waals surface area contributed by atoms with Crippen LogP contribution >= 0.6 is 0 Å². The SMILES string of the molecule is c1ccc(-c2nc(-c3ccccc3)nc(-c3cc(-c4nc(-c5ccccc5)c5oc6ccccc6c5n4)ccc3-n3c4ccccc4c4ccc5oc6ccccc6c5c43)n2)cc1. The fraction of sp³-hybridized carbons (Fsp3) is 0. The molecule has 5 aromatic heterocycles. The number of aromatic nitrogens is 6. The van der Waals surface area contributed by atoms with Crippen LogP contribution in [0.2, 0.25) is 0 Å². The average molecular weight is 809 g/mol. The molecule has 0 spiro atoms. The molecule has 0 amide bonds. The van der Waals surface area contributed by atoms with E-state index in [1.807, 2.05) is 115 Å². The van der Waals surface area contributed by atoms with Crippen molar-refractivity contribution < 1.29 is 8.83 Å². The maximum Gasteiger partial charge on any atom is 0.180 e. The van der Waals surface area contributed by atoms with E-state index in [4.69, 9.17) is 33.8 Å². The van der Waals surface area contributed by atoms with E-state index >= 15 is 0 Å². The van der Waals surface area contributed by atoms with Crippen molar-refractivity contribution in [2.75, 3.05) is 0 Å². The molecule has 0 atom stereocenters. The Labute approximate surface area is 359 Å². The van der Waals surface area contributed by atoms with E-state index in [1.165, 1.54) is 0 Å². The van der Waals surface area contributed by atoms with Gasteiger partial charge in [-0.1, -0.05) is 140 Å². The summed E-state index contributed by atoms with van der Waals surface area (Å²) in [5, 5.41) is 5.23. The van der Waals surface area contributed by atoms with Gasteiger partial charge in [-0.3, -0.25) is 0 Å². The number of hydrogen-bond donors (Lipinski definition) is 0. The minimum absolute atomic E-state index is 0.507. The zero-order chi connectivity index (χ0) is 41.4. The molecule has 5 heterocycles. The quantitative estimate of drug-likeness (QED) is 0.165. The fourth-order valence-electron chi connectivity index (χ4n) is 9.01. The van der Waals surface area contributed by atoms with Gasteiger partial charge in [0.2, 0.25) is 0 Å². The van der Waals surface area contributed by atoms with Crippen molar-refractivity contribution in [3.8, 4) is 62.5 Å². The van der Waals surface area contributed by atoms with Crippen LogP contribution in [0.4, 0.5) is 0 Å². The van der Waals surface area contributed by atoms with Gasteiger partial charge in [0.05, 0.1) is 22.1 Å². The first-order chi connectivity index (χ1) is 31.2. The van der Waals surface area contributed by atoms with Crippen molar-refractivity contribution in [1.29, 1.82) is 0 Å². The summed E-state index contributed by atoms with van der Waals surface area (Å²) in [5.74, 6) is 2.19. The van der Waals surface area contributed by atoms with Gasteiger partial charge in [0, 0.05) is 49.4 Å². The van der Waals surface area contributed by atoms with Crippen LogP contribution in [0, 0.1) is 0 Å². The van der Waals surface area contributed by atoms with E-state index < -0.39 is 0 Å². The second-order valence-corrected chi connectivity index (χ2v) is 15.6. The highest BCUT2D eigenvalue weighted by molar-refractivity contribution is 6.24. The molecular weight excluding hydrogens is 777 g/mol. The first kappa shape index (κ1) is 35.0. The van der Waals surface area contributed by atoms with E-state index in [0.29, 0.717) is 34.6 Å². The lowest BCUT2D eigenvalue weighted by atomic mass is 10.0. The lowest BCUT2D eigenvalue weighted by molar-refractivity contribution is 0.667. The van der Waals surface area contributed by atoms with Crippen LogP contribution in [-0.2, 0) is 0 Å². The second kappa shape index (κ2) is 13.9. The first-order valence-corrected chi connectivity index (χ1v) is 20.8. The number of nitrogens with zero attached hydrogens (tertiary/aromatic N) is 6. The molecule has 294 valence electrons. The van der Waals surface area contributed by atoms with Crippen LogP contribution in [0.3, 0.4) is 0 Å². The number of benzene rings is 8. The predicted molar refractivity (Wildman–Crippen MR) is 251 cm³/mol. The Balaban J connectivity index is 1.15. The van der Waals surface area contributed by atoms with Gasteiger partial charge in [-0.25, -0.2) is 24.9 Å². The molecule has 13 rings (SSSR count). The number of para-hydroxylation sites is 3. The van der Waals surface area contributed by atoms with Crippen LogP contribution in [-0.4, -0.2) is 29.5 Å². The van der Waals surface area contributed by atoms with Crippen molar-refractivity contribution >= 4 is 65.8 Å². The highest BCUT2D eigenvalue weighted by Crippen LogP contribution is 2.44. The van der Waals surface area contributed by atoms with Crippen LogP contribution in [0.15, 0.2) is 203 Å². The van der Waals surface area contributed by atoms with Crippen molar-refractivity contribution in [3.05, 3.63) is 194 Å². The lowest BCUT2D eigenvalue weighted by Crippen LogP contribution is -2.04. The Morgan fingerprint density at radius 2 is 0.937 bits per heavy atom. The Morgan fingerprint density at radius 3 is 1.65 bits per heavy atom. The smallest absolute Gasteiger partial charge is 0.180 e. The fourth-order valence-corrected chi connectivity index (χ4v) is 9.01. The Hall–Kier alpha value is -8.75. The first-order valence-electron chi connectivity index (χ1n) is 20.8. The van der Waals surface area contributed by atoms with Crippen molar-refractivity contribution in [1.82, 2.24) is 29.5 Å². The molecule has 63 heavy (non-hydrogen) atoms. The molecule has 0 fully saturated rings. The van der Waals surface area contributed by atoms with Crippen LogP contribution in [0.25, 0.3) is 128 Å². The average Bonchev–Trinajstić information content (AvgIpc) is 4.04. The van der Waals surface area contributed by atoms with E-state index in [-0.39, 0.29) is 0 Å². The highest BCUT2D eigenvalue weighted by atomic mass is 16.3. The molecule has 0 unspecified atom stereocenters. The molecule has 0 bridgehead atoms. The van der Waals surface area contributed by atoms with Crippen molar-refractivity contribution in [2.24, 2.45) is 0 Å². The van der Waals surface area contributed by atoms with E-state index in [2.05, 4.69) is 83.4 Å². The third kappa shape index (κ3) is 5.58. The summed E-state index contributed by atoms with van der Waals surface area (Å²) in [6, 6.07) is 65.7. The molecule has 0 saturated heterocycles. The molecule has 13 aromatic rings. The maximum atomic E-state index is 6.50. The molecular formula is C55H32N6O2. The van der Waals surface area contributed by atoms with Gasteiger partial charge in [0.25, 0.3) is 0 Å². The zero-order valence-electron chi connectivity index (χ0n) is 33.5. The summed E-state index contributed by atoms with van der Waals surface area (Å²) in [6.45, 7) is 0. The monoisotopic (exact) mass is 808 g/mol. The zero-order valence-corrected chi connectivity index (χ0v) is 33.5. The second-order valence-electron chi connectivity index (χ2n) is 15.6. The highest BCUT2D eigenvalue weighted by Gasteiger charge is 2.25. The molecule has 0 saturated carbocycles. The van der Waals surface area contributed by atoms with Crippen molar-refractivity contribution in [3.63, 3.8) is 0 Å². The molecule has 8 heteroatoms. The minimum Gasteiger partial charge on any atom is -0.456 e. The Kier molecular flexibility index (Phi) is 7.74. The molecule has 0 radical (unpaired) electrons. The van der Waals surface area contributed by atoms with Gasteiger partial charge in [0.15, 0.2) is 28.9 Å². The van der Waals surface area contributed by atoms with E-state index in [1.54, 1.807) is 0 Å². The number of rotatable bonds is 6. The number of hydrogen-bond acceptors (Lipinski definition) is 7. The van der Waals surface area contributed by atoms with E-state index in [9.17, 15) is 0 Å². The molecule has 0 aliphatic carbocycles. The Bertz CT molecular complexity index is 3850. The van der Waals surface area contributed by atoms with Gasteiger partial charge in [0.1, 0.15) is 28.0 Å². The largest absolute Gasteiger partial charge is 0.456 e. The summed E-state index contributed by atoms with van der Waals surface area (Å²) < 4.78 is 15.3. The van der Waals surface area contributed by atoms with Crippen molar-refractivity contribution in [2.45, 2.75) is 0 Å². The molecule has 8 nitrogen and oxygen atoms in total. The van der Waals surface area contributed by atoms with Crippen LogP contribution in [0.1, 0.15) is 0 Å². The molecule has 0 N–H and O–H groups in total. The topological polar surface area (TPSA) is 95.7 Å². The summed E-state index contributed by atoms with van der Waals surface area (Å²) in [6.07, 6.45) is 0. The number of furan rings is 2. The molecule has 0 aliphatic heterocycles. The minimum atomic E-state index is 0.507. The third-order valence-corrected chi connectivity index (χ3v) is 11.9. The third-order valence-electron chi connectivity index (χ3n) is 11.9. The Morgan fingerprint density at radius 1 is 0.365 bits per heavy atom. The molecule has 8 aromatic carbocycles. The standard InChI is InChI=1S/C55H32N6O2/c1-4-16-33(17-5-1)48-51-49(40-24-12-15-27-45(40)63-51)57-54(56-48)36-28-30-43(41(32-36)55-59-52(34-18-6-2-7-19-34)58-53(60-55)35-20-8-3-9-21-35)61-42-25-13-10-22-37(42)38-29-31-46-47(50(38)61)39-23-11-14-26-44(39)62-46/h1-32H. The summed E-state index contributed by atoms with van der Waals surface area (Å²) in [4.78, 5) is 26.2. The van der Waals surface area contributed by atoms with E-state index in [0.717, 1.165) is 93.7 Å². The summed E-state index contributed by atoms with van der Waals surface area (Å²) in [7, 11) is 0. The number of fused-ring (bicyclic) bond motifs is 10. The lowest BCUT2D eigenvalue weighted by Gasteiger charge is -2.16. The maximum absolute atomic E-state index is 6.50. The van der Waals surface area contributed by atoms with Gasteiger partial charge in [-0.05, 0) is 54.6 Å². The van der Waals surface area contributed by atoms with Gasteiger partial charge >= 0.3 is 0 Å². The summed E-state index contributed by atoms with van der Waals surface area (Å²) in [5.41, 5.74) is 11.7. The predicted octanol–water partition coefficient (Wildman–Crippen LogP) is 13.9. The van der Waals surface area contributed by atoms with Gasteiger partial charge in [-0.15, -0.1) is 0 Å². The van der Waals surface area contributed by atoms with Crippen LogP contribution < -0.4 is 0 Å².